The minimum atomic E-state index is 0.468. The zero-order valence-electron chi connectivity index (χ0n) is 22.2. The van der Waals surface area contributed by atoms with Crippen molar-refractivity contribution in [3.63, 3.8) is 0 Å². The van der Waals surface area contributed by atoms with Gasteiger partial charge in [-0.3, -0.25) is 0 Å². The highest BCUT2D eigenvalue weighted by molar-refractivity contribution is 5.95. The van der Waals surface area contributed by atoms with Crippen molar-refractivity contribution in [3.05, 3.63) is 36.1 Å². The molecule has 0 spiro atoms. The molecule has 1 saturated carbocycles. The van der Waals surface area contributed by atoms with Gasteiger partial charge in [-0.25, -0.2) is 4.98 Å². The van der Waals surface area contributed by atoms with Crippen molar-refractivity contribution in [2.75, 3.05) is 51.8 Å². The van der Waals surface area contributed by atoms with Gasteiger partial charge in [-0.15, -0.1) is 0 Å². The molecule has 2 aliphatic heterocycles. The number of rotatable bonds is 10. The second-order valence-corrected chi connectivity index (χ2v) is 10.9. The zero-order chi connectivity index (χ0) is 25.2. The first-order valence-corrected chi connectivity index (χ1v) is 14.2. The number of likely N-dealkylation sites (tertiary alicyclic amines) is 1. The predicted octanol–water partition coefficient (Wildman–Crippen LogP) is 5.34. The lowest BCUT2D eigenvalue weighted by Gasteiger charge is -2.32. The smallest absolute Gasteiger partial charge is 0.163 e. The van der Waals surface area contributed by atoms with Gasteiger partial charge in [0.25, 0.3) is 0 Å². The second kappa shape index (κ2) is 10.9. The van der Waals surface area contributed by atoms with E-state index in [0.717, 1.165) is 77.8 Å². The first-order valence-electron chi connectivity index (χ1n) is 14.2. The van der Waals surface area contributed by atoms with Gasteiger partial charge in [-0.1, -0.05) is 6.92 Å². The molecule has 2 N–H and O–H groups in total. The quantitative estimate of drug-likeness (QED) is 0.361. The monoisotopic (exact) mass is 504 g/mol. The number of anilines is 1. The molecule has 1 aromatic carbocycles. The Morgan fingerprint density at radius 2 is 1.89 bits per heavy atom. The third-order valence-electron chi connectivity index (χ3n) is 8.49. The molecule has 2 atom stereocenters. The van der Waals surface area contributed by atoms with Crippen LogP contribution in [0.25, 0.3) is 22.4 Å². The summed E-state index contributed by atoms with van der Waals surface area (Å²) in [7, 11) is 1.72. The maximum absolute atomic E-state index is 6.25. The minimum Gasteiger partial charge on any atom is -0.493 e. The van der Waals surface area contributed by atoms with Crippen molar-refractivity contribution in [2.45, 2.75) is 51.5 Å². The molecule has 198 valence electrons. The molecule has 3 aliphatic rings. The normalized spacial score (nSPS) is 23.6. The summed E-state index contributed by atoms with van der Waals surface area (Å²) in [6.45, 7) is 8.46. The number of benzene rings is 1. The number of hydrogen-bond acceptors (Lipinski definition) is 7. The number of fused-ring (bicyclic) bond motifs is 3. The van der Waals surface area contributed by atoms with E-state index in [0.29, 0.717) is 24.5 Å². The molecule has 1 aliphatic carbocycles. The Hall–Kier alpha value is -2.77. The van der Waals surface area contributed by atoms with Crippen molar-refractivity contribution >= 4 is 16.6 Å². The van der Waals surface area contributed by atoms with Gasteiger partial charge in [-0.05, 0) is 94.4 Å². The largest absolute Gasteiger partial charge is 0.493 e. The molecule has 3 fully saturated rings. The van der Waals surface area contributed by atoms with Gasteiger partial charge in [-0.2, -0.15) is 0 Å². The number of pyridine rings is 1. The average Bonchev–Trinajstić information content (AvgIpc) is 3.66. The molecule has 2 bridgehead atoms. The van der Waals surface area contributed by atoms with Gasteiger partial charge in [0.2, 0.25) is 0 Å². The summed E-state index contributed by atoms with van der Waals surface area (Å²) in [6, 6.07) is 10.8. The van der Waals surface area contributed by atoms with Crippen LogP contribution >= 0.6 is 0 Å². The van der Waals surface area contributed by atoms with E-state index >= 15 is 0 Å². The van der Waals surface area contributed by atoms with E-state index in [-0.39, 0.29) is 0 Å². The van der Waals surface area contributed by atoms with Crippen LogP contribution in [0.2, 0.25) is 0 Å². The number of piperidine rings is 1. The highest BCUT2D eigenvalue weighted by Crippen LogP contribution is 2.41. The fourth-order valence-corrected chi connectivity index (χ4v) is 6.43. The lowest BCUT2D eigenvalue weighted by atomic mass is 9.93. The Morgan fingerprint density at radius 3 is 2.62 bits per heavy atom. The Labute approximate surface area is 219 Å². The molecule has 0 amide bonds. The standard InChI is InChI=1S/C30H40N4O3/c1-3-22-9-10-27(37-22)26-16-24(33-30-20-7-8-21(30)19-31-18-20)23-15-28(35-2)29(17-25(23)32-26)36-14-6-13-34-11-4-5-12-34/h9-10,15-17,20-21,30-31H,3-8,11-14,18-19H2,1-2H3,(H,32,33). The number of nitrogens with one attached hydrogen (secondary N) is 2. The topological polar surface area (TPSA) is 71.8 Å². The first kappa shape index (κ1) is 24.6. The molecule has 7 heteroatoms. The van der Waals surface area contributed by atoms with E-state index < -0.39 is 0 Å². The van der Waals surface area contributed by atoms with E-state index in [2.05, 4.69) is 34.6 Å². The van der Waals surface area contributed by atoms with Crippen molar-refractivity contribution in [3.8, 4) is 23.0 Å². The summed E-state index contributed by atoms with van der Waals surface area (Å²) in [5, 5.41) is 8.61. The summed E-state index contributed by atoms with van der Waals surface area (Å²) in [6.07, 6.45) is 7.07. The van der Waals surface area contributed by atoms with Gasteiger partial charge in [0, 0.05) is 36.1 Å². The van der Waals surface area contributed by atoms with Crippen LogP contribution in [-0.4, -0.2) is 62.4 Å². The SMILES string of the molecule is CCc1ccc(-c2cc(NC3C4CCC3CNC4)c3cc(OC)c(OCCCN4CCCC4)cc3n2)o1. The van der Waals surface area contributed by atoms with Crippen molar-refractivity contribution in [1.82, 2.24) is 15.2 Å². The van der Waals surface area contributed by atoms with Crippen molar-refractivity contribution in [1.29, 1.82) is 0 Å². The molecule has 37 heavy (non-hydrogen) atoms. The fourth-order valence-electron chi connectivity index (χ4n) is 6.43. The van der Waals surface area contributed by atoms with Crippen molar-refractivity contribution < 1.29 is 13.9 Å². The lowest BCUT2D eigenvalue weighted by molar-refractivity contribution is 0.254. The molecule has 3 aromatic rings. The summed E-state index contributed by atoms with van der Waals surface area (Å²) in [5.74, 6) is 4.59. The van der Waals surface area contributed by atoms with E-state index in [1.807, 2.05) is 18.2 Å². The van der Waals surface area contributed by atoms with Crippen molar-refractivity contribution in [2.24, 2.45) is 11.8 Å². The molecule has 2 saturated heterocycles. The molecule has 4 heterocycles. The van der Waals surface area contributed by atoms with Gasteiger partial charge >= 0.3 is 0 Å². The predicted molar refractivity (Wildman–Crippen MR) is 148 cm³/mol. The summed E-state index contributed by atoms with van der Waals surface area (Å²) >= 11 is 0. The number of ether oxygens (including phenoxy) is 2. The Kier molecular flexibility index (Phi) is 7.25. The lowest BCUT2D eigenvalue weighted by Crippen LogP contribution is -2.45. The van der Waals surface area contributed by atoms with E-state index in [1.165, 1.54) is 38.8 Å². The fraction of sp³-hybridized carbons (Fsp3) is 0.567. The van der Waals surface area contributed by atoms with E-state index in [9.17, 15) is 0 Å². The Balaban J connectivity index is 1.32. The minimum absolute atomic E-state index is 0.468. The van der Waals surface area contributed by atoms with Gasteiger partial charge in [0.05, 0.1) is 19.2 Å². The number of furan rings is 1. The van der Waals surface area contributed by atoms with Crippen LogP contribution in [-0.2, 0) is 6.42 Å². The van der Waals surface area contributed by atoms with E-state index in [4.69, 9.17) is 18.9 Å². The van der Waals surface area contributed by atoms with Crippen LogP contribution in [0.15, 0.2) is 34.7 Å². The van der Waals surface area contributed by atoms with E-state index in [1.54, 1.807) is 7.11 Å². The molecule has 6 rings (SSSR count). The second-order valence-electron chi connectivity index (χ2n) is 10.9. The van der Waals surface area contributed by atoms with Crippen LogP contribution in [0.3, 0.4) is 0 Å². The van der Waals surface area contributed by atoms with Gasteiger partial charge < -0.3 is 29.4 Å². The number of hydrogen-bond donors (Lipinski definition) is 2. The van der Waals surface area contributed by atoms with Crippen LogP contribution in [0.1, 0.15) is 44.8 Å². The molecule has 0 radical (unpaired) electrons. The number of aryl methyl sites for hydroxylation is 1. The zero-order valence-corrected chi connectivity index (χ0v) is 22.2. The summed E-state index contributed by atoms with van der Waals surface area (Å²) < 4.78 is 18.2. The van der Waals surface area contributed by atoms with Gasteiger partial charge in [0.15, 0.2) is 17.3 Å². The van der Waals surface area contributed by atoms with Gasteiger partial charge in [0.1, 0.15) is 11.5 Å². The summed E-state index contributed by atoms with van der Waals surface area (Å²) in [5.41, 5.74) is 2.84. The molecule has 2 unspecified atom stereocenters. The third-order valence-corrected chi connectivity index (χ3v) is 8.49. The maximum Gasteiger partial charge on any atom is 0.163 e. The third kappa shape index (κ3) is 5.16. The van der Waals surface area contributed by atoms with Crippen LogP contribution in [0.5, 0.6) is 11.5 Å². The van der Waals surface area contributed by atoms with Crippen LogP contribution in [0.4, 0.5) is 5.69 Å². The average molecular weight is 505 g/mol. The molecular formula is C30H40N4O3. The Bertz CT molecular complexity index is 1200. The van der Waals surface area contributed by atoms with Crippen LogP contribution in [0, 0.1) is 11.8 Å². The molecule has 7 nitrogen and oxygen atoms in total. The highest BCUT2D eigenvalue weighted by Gasteiger charge is 2.39. The van der Waals surface area contributed by atoms with Crippen LogP contribution < -0.4 is 20.1 Å². The number of nitrogens with zero attached hydrogens (tertiary/aromatic N) is 2. The maximum atomic E-state index is 6.25. The molecule has 2 aromatic heterocycles. The molecular weight excluding hydrogens is 464 g/mol. The summed E-state index contributed by atoms with van der Waals surface area (Å²) in [4.78, 5) is 7.56. The number of methoxy groups -OCH3 is 1. The highest BCUT2D eigenvalue weighted by atomic mass is 16.5. The Morgan fingerprint density at radius 1 is 1.08 bits per heavy atom. The number of aromatic nitrogens is 1. The first-order chi connectivity index (χ1) is 18.2.